The molecule has 0 bridgehead atoms. The predicted octanol–water partition coefficient (Wildman–Crippen LogP) is 0.305. The largest absolute Gasteiger partial charge is 0.392 e. The lowest BCUT2D eigenvalue weighted by atomic mass is 9.95. The predicted molar refractivity (Wildman–Crippen MR) is 78.8 cm³/mol. The Labute approximate surface area is 122 Å². The van der Waals surface area contributed by atoms with Gasteiger partial charge in [-0.25, -0.2) is 0 Å². The van der Waals surface area contributed by atoms with Gasteiger partial charge in [0, 0.05) is 32.2 Å². The SMILES string of the molecule is CCC(O)C1CCCCN1CC(O)CN1CCOCC1. The van der Waals surface area contributed by atoms with Crippen molar-refractivity contribution in [3.05, 3.63) is 0 Å². The third-order valence-electron chi connectivity index (χ3n) is 4.54. The molecule has 2 rings (SSSR count). The van der Waals surface area contributed by atoms with E-state index in [4.69, 9.17) is 4.74 Å². The van der Waals surface area contributed by atoms with Crippen LogP contribution in [0.4, 0.5) is 0 Å². The number of likely N-dealkylation sites (tertiary alicyclic amines) is 1. The summed E-state index contributed by atoms with van der Waals surface area (Å²) in [7, 11) is 0. The van der Waals surface area contributed by atoms with Crippen LogP contribution in [0, 0.1) is 0 Å². The van der Waals surface area contributed by atoms with Gasteiger partial charge < -0.3 is 14.9 Å². The molecule has 0 saturated carbocycles. The maximum Gasteiger partial charge on any atom is 0.0793 e. The second kappa shape index (κ2) is 8.29. The molecule has 0 aliphatic carbocycles. The first-order chi connectivity index (χ1) is 9.70. The standard InChI is InChI=1S/C15H30N2O3/c1-2-15(19)14-5-3-4-6-17(14)12-13(18)11-16-7-9-20-10-8-16/h13-15,18-19H,2-12H2,1H3. The first-order valence-corrected chi connectivity index (χ1v) is 8.11. The fraction of sp³-hybridized carbons (Fsp3) is 1.00. The number of aliphatic hydroxyl groups is 2. The molecule has 2 heterocycles. The molecule has 3 atom stereocenters. The van der Waals surface area contributed by atoms with E-state index < -0.39 is 0 Å². The van der Waals surface area contributed by atoms with E-state index in [-0.39, 0.29) is 18.2 Å². The Morgan fingerprint density at radius 1 is 1.10 bits per heavy atom. The highest BCUT2D eigenvalue weighted by Gasteiger charge is 2.29. The summed E-state index contributed by atoms with van der Waals surface area (Å²) in [5.41, 5.74) is 0. The van der Waals surface area contributed by atoms with Crippen LogP contribution in [0.25, 0.3) is 0 Å². The number of hydrogen-bond acceptors (Lipinski definition) is 5. The molecule has 2 fully saturated rings. The molecule has 3 unspecified atom stereocenters. The minimum atomic E-state index is -0.335. The van der Waals surface area contributed by atoms with E-state index in [1.54, 1.807) is 0 Å². The lowest BCUT2D eigenvalue weighted by Crippen LogP contribution is -2.51. The third-order valence-corrected chi connectivity index (χ3v) is 4.54. The molecule has 5 nitrogen and oxygen atoms in total. The zero-order valence-corrected chi connectivity index (χ0v) is 12.7. The number of ether oxygens (including phenoxy) is 1. The molecule has 0 aromatic rings. The average Bonchev–Trinajstić information content (AvgIpc) is 2.48. The van der Waals surface area contributed by atoms with Crippen LogP contribution in [0.1, 0.15) is 32.6 Å². The maximum atomic E-state index is 10.3. The van der Waals surface area contributed by atoms with Gasteiger partial charge in [0.25, 0.3) is 0 Å². The summed E-state index contributed by atoms with van der Waals surface area (Å²) in [5, 5.41) is 20.5. The third kappa shape index (κ3) is 4.67. The highest BCUT2D eigenvalue weighted by atomic mass is 16.5. The van der Waals surface area contributed by atoms with Crippen LogP contribution in [0.15, 0.2) is 0 Å². The number of piperidine rings is 1. The molecule has 0 aromatic heterocycles. The second-order valence-electron chi connectivity index (χ2n) is 6.10. The maximum absolute atomic E-state index is 10.3. The Morgan fingerprint density at radius 2 is 1.85 bits per heavy atom. The molecule has 2 saturated heterocycles. The molecule has 0 aromatic carbocycles. The Hall–Kier alpha value is -0.200. The van der Waals surface area contributed by atoms with Crippen LogP contribution in [0.3, 0.4) is 0 Å². The van der Waals surface area contributed by atoms with E-state index in [0.29, 0.717) is 6.54 Å². The number of hydrogen-bond donors (Lipinski definition) is 2. The van der Waals surface area contributed by atoms with E-state index in [1.165, 1.54) is 12.8 Å². The van der Waals surface area contributed by atoms with E-state index in [1.807, 2.05) is 6.92 Å². The van der Waals surface area contributed by atoms with Crippen LogP contribution in [-0.2, 0) is 4.74 Å². The van der Waals surface area contributed by atoms with Gasteiger partial charge in [-0.2, -0.15) is 0 Å². The van der Waals surface area contributed by atoms with Crippen LogP contribution < -0.4 is 0 Å². The van der Waals surface area contributed by atoms with Crippen molar-refractivity contribution in [3.63, 3.8) is 0 Å². The Kier molecular flexibility index (Phi) is 6.71. The Balaban J connectivity index is 1.79. The van der Waals surface area contributed by atoms with Crippen molar-refractivity contribution in [1.82, 2.24) is 9.80 Å². The van der Waals surface area contributed by atoms with E-state index in [0.717, 1.165) is 52.2 Å². The zero-order valence-electron chi connectivity index (χ0n) is 12.7. The van der Waals surface area contributed by atoms with Crippen molar-refractivity contribution >= 4 is 0 Å². The number of rotatable bonds is 6. The van der Waals surface area contributed by atoms with Crippen molar-refractivity contribution in [2.45, 2.75) is 50.9 Å². The summed E-state index contributed by atoms with van der Waals surface area (Å²) in [6, 6.07) is 0.230. The monoisotopic (exact) mass is 286 g/mol. The smallest absolute Gasteiger partial charge is 0.0793 e. The summed E-state index contributed by atoms with van der Waals surface area (Å²) < 4.78 is 5.33. The minimum Gasteiger partial charge on any atom is -0.392 e. The van der Waals surface area contributed by atoms with Crippen molar-refractivity contribution in [2.24, 2.45) is 0 Å². The number of morpholine rings is 1. The molecule has 118 valence electrons. The van der Waals surface area contributed by atoms with Crippen molar-refractivity contribution in [3.8, 4) is 0 Å². The summed E-state index contributed by atoms with van der Waals surface area (Å²) >= 11 is 0. The van der Waals surface area contributed by atoms with Gasteiger partial charge in [0.15, 0.2) is 0 Å². The number of aliphatic hydroxyl groups excluding tert-OH is 2. The molecule has 2 aliphatic rings. The fourth-order valence-electron chi connectivity index (χ4n) is 3.36. The minimum absolute atomic E-state index is 0.230. The van der Waals surface area contributed by atoms with Gasteiger partial charge in [-0.05, 0) is 25.8 Å². The average molecular weight is 286 g/mol. The van der Waals surface area contributed by atoms with Crippen molar-refractivity contribution in [2.75, 3.05) is 45.9 Å². The molecule has 2 N–H and O–H groups in total. The second-order valence-corrected chi connectivity index (χ2v) is 6.10. The van der Waals surface area contributed by atoms with Crippen LogP contribution in [0.5, 0.6) is 0 Å². The lowest BCUT2D eigenvalue weighted by molar-refractivity contribution is -0.0212. The van der Waals surface area contributed by atoms with Gasteiger partial charge in [-0.3, -0.25) is 9.80 Å². The van der Waals surface area contributed by atoms with Crippen LogP contribution in [-0.4, -0.2) is 84.2 Å². The molecule has 0 amide bonds. The van der Waals surface area contributed by atoms with Gasteiger partial charge in [0.1, 0.15) is 0 Å². The summed E-state index contributed by atoms with van der Waals surface area (Å²) in [6.07, 6.45) is 3.62. The van der Waals surface area contributed by atoms with E-state index in [9.17, 15) is 10.2 Å². The summed E-state index contributed by atoms with van der Waals surface area (Å²) in [5.74, 6) is 0. The first kappa shape index (κ1) is 16.2. The normalized spacial score (nSPS) is 29.2. The number of nitrogens with zero attached hydrogens (tertiary/aromatic N) is 2. The van der Waals surface area contributed by atoms with Crippen LogP contribution >= 0.6 is 0 Å². The fourth-order valence-corrected chi connectivity index (χ4v) is 3.36. The molecule has 0 radical (unpaired) electrons. The van der Waals surface area contributed by atoms with Gasteiger partial charge >= 0.3 is 0 Å². The van der Waals surface area contributed by atoms with Crippen molar-refractivity contribution in [1.29, 1.82) is 0 Å². The Bertz CT molecular complexity index is 272. The lowest BCUT2D eigenvalue weighted by Gasteiger charge is -2.40. The quantitative estimate of drug-likeness (QED) is 0.736. The first-order valence-electron chi connectivity index (χ1n) is 8.11. The van der Waals surface area contributed by atoms with E-state index in [2.05, 4.69) is 9.80 Å². The summed E-state index contributed by atoms with van der Waals surface area (Å²) in [4.78, 5) is 4.56. The van der Waals surface area contributed by atoms with Crippen molar-refractivity contribution < 1.29 is 14.9 Å². The Morgan fingerprint density at radius 3 is 2.55 bits per heavy atom. The molecule has 2 aliphatic heterocycles. The number of β-amino-alcohol motifs (C(OH)–C–C–N with tert-alkyl or cyclic N) is 1. The molecule has 5 heteroatoms. The summed E-state index contributed by atoms with van der Waals surface area (Å²) in [6.45, 7) is 7.80. The van der Waals surface area contributed by atoms with Gasteiger partial charge in [0.05, 0.1) is 25.4 Å². The van der Waals surface area contributed by atoms with E-state index >= 15 is 0 Å². The van der Waals surface area contributed by atoms with Gasteiger partial charge in [0.2, 0.25) is 0 Å². The molecule has 0 spiro atoms. The van der Waals surface area contributed by atoms with Gasteiger partial charge in [-0.15, -0.1) is 0 Å². The highest BCUT2D eigenvalue weighted by Crippen LogP contribution is 2.21. The molecule has 20 heavy (non-hydrogen) atoms. The van der Waals surface area contributed by atoms with Gasteiger partial charge in [-0.1, -0.05) is 13.3 Å². The highest BCUT2D eigenvalue weighted by molar-refractivity contribution is 4.84. The topological polar surface area (TPSA) is 56.2 Å². The zero-order chi connectivity index (χ0) is 14.4. The molecular weight excluding hydrogens is 256 g/mol. The molecular formula is C15H30N2O3. The van der Waals surface area contributed by atoms with Crippen LogP contribution in [0.2, 0.25) is 0 Å².